The van der Waals surface area contributed by atoms with Gasteiger partial charge in [-0.25, -0.2) is 0 Å². The molecule has 4 heteroatoms. The number of benzene rings is 2. The molecule has 0 bridgehead atoms. The van der Waals surface area contributed by atoms with Gasteiger partial charge in [-0.05, 0) is 48.1 Å². The highest BCUT2D eigenvalue weighted by atomic mass is 19.4. The van der Waals surface area contributed by atoms with Crippen LogP contribution >= 0.6 is 0 Å². The number of nitrogens with one attached hydrogen (secondary N) is 1. The number of rotatable bonds is 2. The lowest BCUT2D eigenvalue weighted by Gasteiger charge is -2.18. The van der Waals surface area contributed by atoms with Crippen molar-refractivity contribution in [1.29, 1.82) is 0 Å². The molecule has 2 aromatic rings. The van der Waals surface area contributed by atoms with Crippen molar-refractivity contribution in [2.75, 3.05) is 6.54 Å². The largest absolute Gasteiger partial charge is 0.417 e. The average Bonchev–Trinajstić information content (AvgIpc) is 2.56. The molecule has 0 radical (unpaired) electrons. The third kappa shape index (κ3) is 3.76. The van der Waals surface area contributed by atoms with Gasteiger partial charge in [0.05, 0.1) is 5.56 Å². The zero-order chi connectivity index (χ0) is 16.3. The van der Waals surface area contributed by atoms with Gasteiger partial charge < -0.3 is 5.32 Å². The van der Waals surface area contributed by atoms with Crippen LogP contribution in [0.5, 0.6) is 0 Å². The first kappa shape index (κ1) is 15.7. The van der Waals surface area contributed by atoms with Gasteiger partial charge >= 0.3 is 6.18 Å². The van der Waals surface area contributed by atoms with Gasteiger partial charge in [-0.2, -0.15) is 13.2 Å². The topological polar surface area (TPSA) is 12.0 Å². The fourth-order valence-electron chi connectivity index (χ4n) is 2.83. The first-order valence-corrected chi connectivity index (χ1v) is 7.75. The highest BCUT2D eigenvalue weighted by Gasteiger charge is 2.33. The van der Waals surface area contributed by atoms with Crippen LogP contribution in [0, 0.1) is 0 Å². The van der Waals surface area contributed by atoms with Crippen molar-refractivity contribution in [2.45, 2.75) is 25.4 Å². The summed E-state index contributed by atoms with van der Waals surface area (Å²) in [7, 11) is 0. The molecule has 0 amide bonds. The minimum atomic E-state index is -4.37. The summed E-state index contributed by atoms with van der Waals surface area (Å²) in [4.78, 5) is 0. The molecule has 1 N–H and O–H groups in total. The van der Waals surface area contributed by atoms with Gasteiger partial charge in [-0.15, -0.1) is 0 Å². The first-order chi connectivity index (χ1) is 11.0. The van der Waals surface area contributed by atoms with Gasteiger partial charge in [0.1, 0.15) is 0 Å². The average molecular weight is 317 g/mol. The van der Waals surface area contributed by atoms with Crippen LogP contribution in [-0.2, 0) is 6.18 Å². The van der Waals surface area contributed by atoms with E-state index in [1.54, 1.807) is 18.2 Å². The number of piperidine rings is 1. The van der Waals surface area contributed by atoms with Crippen molar-refractivity contribution in [1.82, 2.24) is 5.32 Å². The third-order valence-electron chi connectivity index (χ3n) is 4.02. The van der Waals surface area contributed by atoms with Gasteiger partial charge in [0, 0.05) is 12.2 Å². The van der Waals surface area contributed by atoms with E-state index in [1.165, 1.54) is 6.07 Å². The predicted octanol–water partition coefficient (Wildman–Crippen LogP) is 5.49. The number of hydrogen-bond donors (Lipinski definition) is 1. The lowest BCUT2D eigenvalue weighted by molar-refractivity contribution is -0.137. The summed E-state index contributed by atoms with van der Waals surface area (Å²) in [6.07, 6.45) is 0.152. The van der Waals surface area contributed by atoms with Crippen LogP contribution in [0.15, 0.2) is 54.2 Å². The molecule has 0 atom stereocenters. The van der Waals surface area contributed by atoms with Crippen LogP contribution in [0.25, 0.3) is 17.2 Å². The Bertz CT molecular complexity index is 694. The Morgan fingerprint density at radius 2 is 1.70 bits per heavy atom. The standard InChI is InChI=1S/C19H18F3N/c20-19(21,22)18-13-15(14-6-2-1-3-7-14)9-10-16(18)12-17-8-4-5-11-23-17/h1-3,6-7,9-10,12-13,23H,4-5,8,11H2. The summed E-state index contributed by atoms with van der Waals surface area (Å²) < 4.78 is 40.3. The first-order valence-electron chi connectivity index (χ1n) is 7.75. The van der Waals surface area contributed by atoms with E-state index in [-0.39, 0.29) is 5.56 Å². The number of allylic oxidation sites excluding steroid dienone is 1. The van der Waals surface area contributed by atoms with Crippen molar-refractivity contribution in [3.63, 3.8) is 0 Å². The molecule has 1 nitrogen and oxygen atoms in total. The molecule has 3 rings (SSSR count). The Morgan fingerprint density at radius 1 is 0.913 bits per heavy atom. The van der Waals surface area contributed by atoms with E-state index in [0.29, 0.717) is 5.56 Å². The molecular weight excluding hydrogens is 299 g/mol. The molecule has 1 fully saturated rings. The molecule has 1 heterocycles. The second-order valence-corrected chi connectivity index (χ2v) is 5.72. The van der Waals surface area contributed by atoms with Crippen molar-refractivity contribution in [3.05, 3.63) is 65.4 Å². The fourth-order valence-corrected chi connectivity index (χ4v) is 2.83. The molecule has 120 valence electrons. The lowest BCUT2D eigenvalue weighted by Crippen LogP contribution is -2.19. The van der Waals surface area contributed by atoms with Gasteiger partial charge in [-0.3, -0.25) is 0 Å². The van der Waals surface area contributed by atoms with Crippen molar-refractivity contribution in [3.8, 4) is 11.1 Å². The van der Waals surface area contributed by atoms with Crippen LogP contribution in [0.3, 0.4) is 0 Å². The van der Waals surface area contributed by atoms with Gasteiger partial charge in [-0.1, -0.05) is 42.5 Å². The molecule has 1 aliphatic heterocycles. The Kier molecular flexibility index (Phi) is 4.42. The third-order valence-corrected chi connectivity index (χ3v) is 4.02. The monoisotopic (exact) mass is 317 g/mol. The quantitative estimate of drug-likeness (QED) is 0.772. The van der Waals surface area contributed by atoms with E-state index in [9.17, 15) is 13.2 Å². The summed E-state index contributed by atoms with van der Waals surface area (Å²) in [5, 5.41) is 3.19. The lowest BCUT2D eigenvalue weighted by atomic mass is 9.97. The Balaban J connectivity index is 2.03. The van der Waals surface area contributed by atoms with E-state index >= 15 is 0 Å². The smallest absolute Gasteiger partial charge is 0.388 e. The van der Waals surface area contributed by atoms with E-state index in [4.69, 9.17) is 0 Å². The Labute approximate surface area is 133 Å². The van der Waals surface area contributed by atoms with E-state index in [0.717, 1.165) is 37.1 Å². The van der Waals surface area contributed by atoms with Crippen molar-refractivity contribution >= 4 is 6.08 Å². The Hall–Kier alpha value is -2.23. The minimum Gasteiger partial charge on any atom is -0.388 e. The number of hydrogen-bond acceptors (Lipinski definition) is 1. The predicted molar refractivity (Wildman–Crippen MR) is 86.7 cm³/mol. The fraction of sp³-hybridized carbons (Fsp3) is 0.263. The molecule has 0 aliphatic carbocycles. The molecular formula is C19H18F3N. The summed E-state index contributed by atoms with van der Waals surface area (Å²) in [5.41, 5.74) is 1.89. The summed E-state index contributed by atoms with van der Waals surface area (Å²) in [6.45, 7) is 0.829. The summed E-state index contributed by atoms with van der Waals surface area (Å²) >= 11 is 0. The van der Waals surface area contributed by atoms with Crippen LogP contribution in [0.2, 0.25) is 0 Å². The molecule has 0 unspecified atom stereocenters. The van der Waals surface area contributed by atoms with Crippen molar-refractivity contribution in [2.24, 2.45) is 0 Å². The van der Waals surface area contributed by atoms with E-state index < -0.39 is 11.7 Å². The molecule has 1 saturated heterocycles. The Morgan fingerprint density at radius 3 is 2.35 bits per heavy atom. The van der Waals surface area contributed by atoms with Gasteiger partial charge in [0.2, 0.25) is 0 Å². The second-order valence-electron chi connectivity index (χ2n) is 5.72. The van der Waals surface area contributed by atoms with Crippen LogP contribution in [0.1, 0.15) is 30.4 Å². The molecule has 1 aliphatic rings. The van der Waals surface area contributed by atoms with Crippen LogP contribution < -0.4 is 5.32 Å². The number of alkyl halides is 3. The minimum absolute atomic E-state index is 0.224. The zero-order valence-electron chi connectivity index (χ0n) is 12.7. The highest BCUT2D eigenvalue weighted by molar-refractivity contribution is 5.69. The number of halogens is 3. The van der Waals surface area contributed by atoms with Gasteiger partial charge in [0.15, 0.2) is 0 Å². The SMILES string of the molecule is FC(F)(F)c1cc(-c2ccccc2)ccc1C=C1CCCCN1. The van der Waals surface area contributed by atoms with Gasteiger partial charge in [0.25, 0.3) is 0 Å². The molecule has 2 aromatic carbocycles. The van der Waals surface area contributed by atoms with E-state index in [2.05, 4.69) is 5.32 Å². The van der Waals surface area contributed by atoms with E-state index in [1.807, 2.05) is 30.3 Å². The zero-order valence-corrected chi connectivity index (χ0v) is 12.7. The maximum Gasteiger partial charge on any atom is 0.417 e. The molecule has 0 saturated carbocycles. The van der Waals surface area contributed by atoms with Crippen LogP contribution in [0.4, 0.5) is 13.2 Å². The molecule has 23 heavy (non-hydrogen) atoms. The maximum atomic E-state index is 13.4. The van der Waals surface area contributed by atoms with Crippen LogP contribution in [-0.4, -0.2) is 6.54 Å². The van der Waals surface area contributed by atoms with Crippen molar-refractivity contribution < 1.29 is 13.2 Å². The highest BCUT2D eigenvalue weighted by Crippen LogP contribution is 2.36. The summed E-state index contributed by atoms with van der Waals surface area (Å²) in [5.74, 6) is 0. The summed E-state index contributed by atoms with van der Waals surface area (Å²) in [6, 6.07) is 13.7. The second kappa shape index (κ2) is 6.49. The molecule has 0 aromatic heterocycles. The normalized spacial score (nSPS) is 17.1. The maximum absolute atomic E-state index is 13.4. The molecule has 0 spiro atoms.